The average molecular weight is 136 g/mol. The minimum absolute atomic E-state index is 1.12. The summed E-state index contributed by atoms with van der Waals surface area (Å²) in [6, 6.07) is 0. The van der Waals surface area contributed by atoms with Crippen LogP contribution in [0.15, 0.2) is 0 Å². The highest BCUT2D eigenvalue weighted by Gasteiger charge is 2.56. The van der Waals surface area contributed by atoms with E-state index in [2.05, 4.69) is 6.92 Å². The number of hydrogen-bond acceptors (Lipinski definition) is 0. The lowest BCUT2D eigenvalue weighted by Crippen LogP contribution is -2.07. The molecular weight excluding hydrogens is 120 g/mol. The lowest BCUT2D eigenvalue weighted by molar-refractivity contribution is 0.340. The van der Waals surface area contributed by atoms with Crippen LogP contribution in [-0.4, -0.2) is 0 Å². The Hall–Kier alpha value is 0. The summed E-state index contributed by atoms with van der Waals surface area (Å²) in [4.78, 5) is 0. The van der Waals surface area contributed by atoms with Crippen LogP contribution in [0, 0.1) is 29.6 Å². The summed E-state index contributed by atoms with van der Waals surface area (Å²) < 4.78 is 0. The fourth-order valence-electron chi connectivity index (χ4n) is 3.79. The second kappa shape index (κ2) is 1.60. The first-order chi connectivity index (χ1) is 4.86. The highest BCUT2D eigenvalue weighted by molar-refractivity contribution is 5.05. The third-order valence-electron chi connectivity index (χ3n) is 4.37. The van der Waals surface area contributed by atoms with E-state index in [4.69, 9.17) is 0 Å². The number of hydrogen-bond donors (Lipinski definition) is 0. The molecule has 0 aliphatic heterocycles. The van der Waals surface area contributed by atoms with Crippen LogP contribution in [-0.2, 0) is 0 Å². The van der Waals surface area contributed by atoms with Crippen molar-refractivity contribution in [2.45, 2.75) is 32.6 Å². The Kier molecular flexibility index (Phi) is 0.898. The van der Waals surface area contributed by atoms with E-state index in [-0.39, 0.29) is 0 Å². The third kappa shape index (κ3) is 0.538. The average Bonchev–Trinajstić information content (AvgIpc) is 2.40. The van der Waals surface area contributed by atoms with E-state index in [1.165, 1.54) is 17.8 Å². The predicted octanol–water partition coefficient (Wildman–Crippen LogP) is 2.69. The lowest BCUT2D eigenvalue weighted by atomic mass is 9.89. The zero-order valence-corrected chi connectivity index (χ0v) is 6.72. The van der Waals surface area contributed by atoms with Crippen molar-refractivity contribution in [2.75, 3.05) is 0 Å². The molecule has 3 rings (SSSR count). The van der Waals surface area contributed by atoms with Crippen molar-refractivity contribution in [3.05, 3.63) is 0 Å². The van der Waals surface area contributed by atoms with Gasteiger partial charge in [0.25, 0.3) is 0 Å². The van der Waals surface area contributed by atoms with Gasteiger partial charge in [0.1, 0.15) is 0 Å². The summed E-state index contributed by atoms with van der Waals surface area (Å²) in [5, 5.41) is 0. The molecule has 0 aromatic rings. The molecule has 0 radical (unpaired) electrons. The summed E-state index contributed by atoms with van der Waals surface area (Å²) in [6.07, 6.45) is 6.36. The molecule has 3 fully saturated rings. The summed E-state index contributed by atoms with van der Waals surface area (Å²) >= 11 is 0. The molecule has 56 valence electrons. The van der Waals surface area contributed by atoms with Crippen molar-refractivity contribution < 1.29 is 0 Å². The minimum atomic E-state index is 1.12. The van der Waals surface area contributed by atoms with E-state index in [0.717, 1.165) is 11.8 Å². The van der Waals surface area contributed by atoms with Gasteiger partial charge in [-0.2, -0.15) is 0 Å². The largest absolute Gasteiger partial charge is 0.0619 e. The van der Waals surface area contributed by atoms with E-state index < -0.39 is 0 Å². The van der Waals surface area contributed by atoms with Gasteiger partial charge < -0.3 is 0 Å². The van der Waals surface area contributed by atoms with Crippen molar-refractivity contribution in [1.29, 1.82) is 0 Å². The number of fused-ring (bicyclic) bond motifs is 4. The van der Waals surface area contributed by atoms with Crippen LogP contribution >= 0.6 is 0 Å². The van der Waals surface area contributed by atoms with E-state index in [9.17, 15) is 0 Å². The molecular formula is C10H16. The summed E-state index contributed by atoms with van der Waals surface area (Å²) in [7, 11) is 0. The van der Waals surface area contributed by atoms with Crippen LogP contribution in [0.1, 0.15) is 32.6 Å². The highest BCUT2D eigenvalue weighted by atomic mass is 14.6. The standard InChI is InChI=1S/C10H16/c1-6-9-5-7-2-3-8(4-7)10(6)9/h6-10H,2-5H2,1H3/t6?,7?,8?,9-,10?/m1/s1. The van der Waals surface area contributed by atoms with Crippen molar-refractivity contribution in [3.8, 4) is 0 Å². The fourth-order valence-corrected chi connectivity index (χ4v) is 3.79. The van der Waals surface area contributed by atoms with E-state index in [1.807, 2.05) is 0 Å². The summed E-state index contributed by atoms with van der Waals surface area (Å²) in [6.45, 7) is 2.47. The van der Waals surface area contributed by atoms with Gasteiger partial charge in [0, 0.05) is 0 Å². The molecule has 0 aromatic heterocycles. The molecule has 0 saturated heterocycles. The number of rotatable bonds is 0. The molecule has 0 heteroatoms. The summed E-state index contributed by atoms with van der Waals surface area (Å²) in [5.41, 5.74) is 0. The quantitative estimate of drug-likeness (QED) is 0.480. The molecule has 0 heterocycles. The Morgan fingerprint density at radius 2 is 2.00 bits per heavy atom. The third-order valence-corrected chi connectivity index (χ3v) is 4.37. The van der Waals surface area contributed by atoms with Crippen LogP contribution in [0.25, 0.3) is 0 Å². The molecule has 0 amide bonds. The molecule has 3 aliphatic rings. The normalized spacial score (nSPS) is 63.9. The first-order valence-corrected chi connectivity index (χ1v) is 4.86. The Bertz CT molecular complexity index is 161. The molecule has 4 unspecified atom stereocenters. The molecule has 5 atom stereocenters. The van der Waals surface area contributed by atoms with Crippen LogP contribution in [0.2, 0.25) is 0 Å². The SMILES string of the molecule is CC1C2C3CCC(C3)C[C@H]12. The van der Waals surface area contributed by atoms with Gasteiger partial charge in [-0.25, -0.2) is 0 Å². The molecule has 0 nitrogen and oxygen atoms in total. The molecule has 3 aliphatic carbocycles. The molecule has 0 N–H and O–H groups in total. The second-order valence-corrected chi connectivity index (χ2v) is 4.78. The van der Waals surface area contributed by atoms with Crippen molar-refractivity contribution in [3.63, 3.8) is 0 Å². The second-order valence-electron chi connectivity index (χ2n) is 4.78. The van der Waals surface area contributed by atoms with E-state index in [1.54, 1.807) is 25.7 Å². The van der Waals surface area contributed by atoms with Crippen LogP contribution in [0.3, 0.4) is 0 Å². The first-order valence-electron chi connectivity index (χ1n) is 4.86. The van der Waals surface area contributed by atoms with Gasteiger partial charge in [0.2, 0.25) is 0 Å². The maximum Gasteiger partial charge on any atom is -0.0326 e. The Morgan fingerprint density at radius 3 is 2.90 bits per heavy atom. The van der Waals surface area contributed by atoms with Gasteiger partial charge in [-0.15, -0.1) is 0 Å². The Morgan fingerprint density at radius 1 is 1.10 bits per heavy atom. The summed E-state index contributed by atoms with van der Waals surface area (Å²) in [5.74, 6) is 5.84. The van der Waals surface area contributed by atoms with E-state index >= 15 is 0 Å². The van der Waals surface area contributed by atoms with Gasteiger partial charge in [-0.3, -0.25) is 0 Å². The van der Waals surface area contributed by atoms with Gasteiger partial charge in [0.05, 0.1) is 0 Å². The van der Waals surface area contributed by atoms with Gasteiger partial charge in [0.15, 0.2) is 0 Å². The molecule has 10 heavy (non-hydrogen) atoms. The van der Waals surface area contributed by atoms with Crippen LogP contribution < -0.4 is 0 Å². The van der Waals surface area contributed by atoms with Gasteiger partial charge in [-0.05, 0) is 48.9 Å². The first kappa shape index (κ1) is 5.62. The molecule has 0 spiro atoms. The molecule has 0 aromatic carbocycles. The van der Waals surface area contributed by atoms with Crippen molar-refractivity contribution >= 4 is 0 Å². The van der Waals surface area contributed by atoms with Gasteiger partial charge >= 0.3 is 0 Å². The minimum Gasteiger partial charge on any atom is -0.0619 e. The molecule has 3 saturated carbocycles. The topological polar surface area (TPSA) is 0 Å². The predicted molar refractivity (Wildman–Crippen MR) is 41.6 cm³/mol. The Balaban J connectivity index is 1.87. The highest BCUT2D eigenvalue weighted by Crippen LogP contribution is 2.63. The monoisotopic (exact) mass is 136 g/mol. The van der Waals surface area contributed by atoms with Crippen LogP contribution in [0.5, 0.6) is 0 Å². The smallest absolute Gasteiger partial charge is 0.0326 e. The van der Waals surface area contributed by atoms with E-state index in [0.29, 0.717) is 0 Å². The fraction of sp³-hybridized carbons (Fsp3) is 1.00. The van der Waals surface area contributed by atoms with Gasteiger partial charge in [-0.1, -0.05) is 13.3 Å². The Labute approximate surface area is 63.0 Å². The maximum atomic E-state index is 2.47. The molecule has 2 bridgehead atoms. The lowest BCUT2D eigenvalue weighted by Gasteiger charge is -2.16. The zero-order chi connectivity index (χ0) is 6.72. The van der Waals surface area contributed by atoms with Crippen molar-refractivity contribution in [1.82, 2.24) is 0 Å². The zero-order valence-electron chi connectivity index (χ0n) is 6.72. The van der Waals surface area contributed by atoms with Crippen LogP contribution in [0.4, 0.5) is 0 Å². The van der Waals surface area contributed by atoms with Crippen molar-refractivity contribution in [2.24, 2.45) is 29.6 Å². The maximum absolute atomic E-state index is 2.47.